The van der Waals surface area contributed by atoms with Crippen LogP contribution >= 0.6 is 0 Å². The smallest absolute Gasteiger partial charge is 0.255 e. The SMILES string of the molecule is NS(=O)(=O)CCCNC(=O)c1cc(O)ccc1O. The first-order valence-electron chi connectivity index (χ1n) is 5.10. The van der Waals surface area contributed by atoms with Gasteiger partial charge in [-0.05, 0) is 24.6 Å². The Morgan fingerprint density at radius 2 is 2.00 bits per heavy atom. The number of hydrogen-bond acceptors (Lipinski definition) is 5. The molecule has 0 fully saturated rings. The fourth-order valence-electron chi connectivity index (χ4n) is 1.28. The van der Waals surface area contributed by atoms with Gasteiger partial charge in [-0.15, -0.1) is 0 Å². The maximum atomic E-state index is 11.6. The first-order valence-corrected chi connectivity index (χ1v) is 6.82. The molecule has 0 aromatic heterocycles. The van der Waals surface area contributed by atoms with Gasteiger partial charge in [0, 0.05) is 6.54 Å². The zero-order valence-electron chi connectivity index (χ0n) is 9.46. The maximum absolute atomic E-state index is 11.6. The van der Waals surface area contributed by atoms with E-state index >= 15 is 0 Å². The zero-order valence-corrected chi connectivity index (χ0v) is 10.3. The molecule has 0 unspecified atom stereocenters. The van der Waals surface area contributed by atoms with E-state index in [9.17, 15) is 23.4 Å². The molecule has 0 radical (unpaired) electrons. The second-order valence-electron chi connectivity index (χ2n) is 3.68. The predicted molar refractivity (Wildman–Crippen MR) is 64.7 cm³/mol. The van der Waals surface area contributed by atoms with Crippen molar-refractivity contribution >= 4 is 15.9 Å². The number of carbonyl (C=O) groups is 1. The van der Waals surface area contributed by atoms with E-state index in [1.807, 2.05) is 0 Å². The van der Waals surface area contributed by atoms with E-state index in [2.05, 4.69) is 5.32 Å². The van der Waals surface area contributed by atoms with Crippen molar-refractivity contribution in [3.8, 4) is 11.5 Å². The molecule has 0 bridgehead atoms. The van der Waals surface area contributed by atoms with E-state index in [1.54, 1.807) is 0 Å². The highest BCUT2D eigenvalue weighted by molar-refractivity contribution is 7.89. The molecule has 100 valence electrons. The standard InChI is InChI=1S/C10H14N2O5S/c11-18(16,17)5-1-4-12-10(15)8-6-7(13)2-3-9(8)14/h2-3,6,13-14H,1,4-5H2,(H,12,15)(H2,11,16,17). The molecule has 7 nitrogen and oxygen atoms in total. The first-order chi connectivity index (χ1) is 8.29. The van der Waals surface area contributed by atoms with Crippen LogP contribution in [0.4, 0.5) is 0 Å². The molecule has 5 N–H and O–H groups in total. The van der Waals surface area contributed by atoms with Gasteiger partial charge in [0.05, 0.1) is 11.3 Å². The summed E-state index contributed by atoms with van der Waals surface area (Å²) in [5, 5.41) is 25.8. The molecule has 1 rings (SSSR count). The molecule has 0 aliphatic rings. The molecule has 1 aromatic carbocycles. The summed E-state index contributed by atoms with van der Waals surface area (Å²) in [4.78, 5) is 11.6. The van der Waals surface area contributed by atoms with Gasteiger partial charge in [0.15, 0.2) is 0 Å². The van der Waals surface area contributed by atoms with Crippen LogP contribution in [-0.4, -0.2) is 36.8 Å². The summed E-state index contributed by atoms with van der Waals surface area (Å²) in [6, 6.07) is 3.55. The summed E-state index contributed by atoms with van der Waals surface area (Å²) < 4.78 is 21.3. The molecule has 0 atom stereocenters. The minimum atomic E-state index is -3.54. The summed E-state index contributed by atoms with van der Waals surface area (Å²) in [7, 11) is -3.54. The van der Waals surface area contributed by atoms with Crippen LogP contribution in [0, 0.1) is 0 Å². The molecule has 0 saturated heterocycles. The zero-order chi connectivity index (χ0) is 13.8. The maximum Gasteiger partial charge on any atom is 0.255 e. The van der Waals surface area contributed by atoms with E-state index in [4.69, 9.17) is 5.14 Å². The molecule has 0 spiro atoms. The Morgan fingerprint density at radius 3 is 2.61 bits per heavy atom. The van der Waals surface area contributed by atoms with Crippen molar-refractivity contribution in [2.75, 3.05) is 12.3 Å². The second kappa shape index (κ2) is 5.69. The van der Waals surface area contributed by atoms with Gasteiger partial charge in [0.1, 0.15) is 11.5 Å². The Balaban J connectivity index is 2.53. The molecule has 8 heteroatoms. The van der Waals surface area contributed by atoms with Gasteiger partial charge in [-0.1, -0.05) is 0 Å². The summed E-state index contributed by atoms with van der Waals surface area (Å²) in [5.74, 6) is -1.25. The summed E-state index contributed by atoms with van der Waals surface area (Å²) in [6.45, 7) is 0.102. The molecular weight excluding hydrogens is 260 g/mol. The minimum absolute atomic E-state index is 0.0781. The number of nitrogens with two attached hydrogens (primary N) is 1. The van der Waals surface area contributed by atoms with Crippen molar-refractivity contribution < 1.29 is 23.4 Å². The molecule has 0 saturated carbocycles. The average Bonchev–Trinajstić information content (AvgIpc) is 2.26. The number of sulfonamides is 1. The Labute approximate surface area is 104 Å². The van der Waals surface area contributed by atoms with Crippen LogP contribution in [0.15, 0.2) is 18.2 Å². The lowest BCUT2D eigenvalue weighted by Crippen LogP contribution is -2.27. The third-order valence-electron chi connectivity index (χ3n) is 2.12. The number of carbonyl (C=O) groups excluding carboxylic acids is 1. The molecule has 0 heterocycles. The van der Waals surface area contributed by atoms with E-state index in [0.717, 1.165) is 6.07 Å². The van der Waals surface area contributed by atoms with Crippen LogP contribution in [0.25, 0.3) is 0 Å². The van der Waals surface area contributed by atoms with Crippen LogP contribution in [0.2, 0.25) is 0 Å². The number of hydrogen-bond donors (Lipinski definition) is 4. The fourth-order valence-corrected chi connectivity index (χ4v) is 1.82. The third kappa shape index (κ3) is 4.60. The van der Waals surface area contributed by atoms with Crippen molar-refractivity contribution in [2.45, 2.75) is 6.42 Å². The summed E-state index contributed by atoms with van der Waals surface area (Å²) in [5.41, 5.74) is -0.0781. The number of benzene rings is 1. The number of phenolic OH excluding ortho intramolecular Hbond substituents is 2. The third-order valence-corrected chi connectivity index (χ3v) is 2.97. The van der Waals surface area contributed by atoms with E-state index in [-0.39, 0.29) is 35.8 Å². The topological polar surface area (TPSA) is 130 Å². The van der Waals surface area contributed by atoms with Gasteiger partial charge in [-0.2, -0.15) is 0 Å². The number of nitrogens with one attached hydrogen (secondary N) is 1. The lowest BCUT2D eigenvalue weighted by molar-refractivity contribution is 0.0950. The number of rotatable bonds is 5. The van der Waals surface area contributed by atoms with Gasteiger partial charge in [-0.25, -0.2) is 13.6 Å². The first kappa shape index (κ1) is 14.3. The summed E-state index contributed by atoms with van der Waals surface area (Å²) >= 11 is 0. The molecule has 1 amide bonds. The Hall–Kier alpha value is -1.80. The lowest BCUT2D eigenvalue weighted by atomic mass is 10.2. The number of primary sulfonamides is 1. The van der Waals surface area contributed by atoms with E-state index < -0.39 is 15.9 Å². The van der Waals surface area contributed by atoms with Crippen molar-refractivity contribution in [2.24, 2.45) is 5.14 Å². The van der Waals surface area contributed by atoms with Crippen molar-refractivity contribution in [3.05, 3.63) is 23.8 Å². The monoisotopic (exact) mass is 274 g/mol. The molecule has 18 heavy (non-hydrogen) atoms. The quantitative estimate of drug-likeness (QED) is 0.425. The molecular formula is C10H14N2O5S. The number of amides is 1. The Bertz CT molecular complexity index is 541. The normalized spacial score (nSPS) is 11.2. The molecule has 0 aliphatic carbocycles. The van der Waals surface area contributed by atoms with Gasteiger partial charge in [0.25, 0.3) is 5.91 Å². The average molecular weight is 274 g/mol. The van der Waals surface area contributed by atoms with Crippen LogP contribution in [0.3, 0.4) is 0 Å². The predicted octanol–water partition coefficient (Wildman–Crippen LogP) is -0.494. The summed E-state index contributed by atoms with van der Waals surface area (Å²) in [6.07, 6.45) is 0.171. The second-order valence-corrected chi connectivity index (χ2v) is 5.41. The van der Waals surface area contributed by atoms with Crippen molar-refractivity contribution in [1.82, 2.24) is 5.32 Å². The van der Waals surface area contributed by atoms with Crippen LogP contribution in [0.1, 0.15) is 16.8 Å². The van der Waals surface area contributed by atoms with Gasteiger partial charge >= 0.3 is 0 Å². The lowest BCUT2D eigenvalue weighted by Gasteiger charge is -2.06. The highest BCUT2D eigenvalue weighted by Crippen LogP contribution is 2.21. The largest absolute Gasteiger partial charge is 0.508 e. The highest BCUT2D eigenvalue weighted by Gasteiger charge is 2.11. The van der Waals surface area contributed by atoms with Gasteiger partial charge < -0.3 is 15.5 Å². The number of phenols is 2. The van der Waals surface area contributed by atoms with Gasteiger partial charge in [-0.3, -0.25) is 4.79 Å². The van der Waals surface area contributed by atoms with Gasteiger partial charge in [0.2, 0.25) is 10.0 Å². The minimum Gasteiger partial charge on any atom is -0.508 e. The van der Waals surface area contributed by atoms with Crippen LogP contribution < -0.4 is 10.5 Å². The Kier molecular flexibility index (Phi) is 4.51. The van der Waals surface area contributed by atoms with E-state index in [1.165, 1.54) is 12.1 Å². The number of aromatic hydroxyl groups is 2. The molecule has 1 aromatic rings. The van der Waals surface area contributed by atoms with Crippen molar-refractivity contribution in [1.29, 1.82) is 0 Å². The van der Waals surface area contributed by atoms with E-state index in [0.29, 0.717) is 0 Å². The van der Waals surface area contributed by atoms with Crippen molar-refractivity contribution in [3.63, 3.8) is 0 Å². The highest BCUT2D eigenvalue weighted by atomic mass is 32.2. The Morgan fingerprint density at radius 1 is 1.33 bits per heavy atom. The van der Waals surface area contributed by atoms with Crippen LogP contribution in [0.5, 0.6) is 11.5 Å². The molecule has 0 aliphatic heterocycles. The van der Waals surface area contributed by atoms with Crippen LogP contribution in [-0.2, 0) is 10.0 Å². The fraction of sp³-hybridized carbons (Fsp3) is 0.300.